The lowest BCUT2D eigenvalue weighted by Crippen LogP contribution is -2.35. The molecule has 0 fully saturated rings. The average Bonchev–Trinajstić information content (AvgIpc) is 3.54. The molecule has 2 N–H and O–H groups in total. The van der Waals surface area contributed by atoms with Gasteiger partial charge >= 0.3 is 0 Å². The van der Waals surface area contributed by atoms with E-state index in [0.717, 1.165) is 49.9 Å². The van der Waals surface area contributed by atoms with E-state index >= 15 is 0 Å². The summed E-state index contributed by atoms with van der Waals surface area (Å²) in [4.78, 5) is 4.27. The predicted octanol–water partition coefficient (Wildman–Crippen LogP) is 4.36. The molecule has 0 unspecified atom stereocenters. The van der Waals surface area contributed by atoms with Crippen molar-refractivity contribution in [2.75, 3.05) is 18.5 Å². The fraction of sp³-hybridized carbons (Fsp3) is 0.167. The molecule has 200 valence electrons. The summed E-state index contributed by atoms with van der Waals surface area (Å²) in [7, 11) is -3.27. The van der Waals surface area contributed by atoms with E-state index in [-0.39, 0.29) is 0 Å². The second-order valence-corrected chi connectivity index (χ2v) is 12.2. The summed E-state index contributed by atoms with van der Waals surface area (Å²) in [5, 5.41) is 10.4. The Morgan fingerprint density at radius 2 is 1.77 bits per heavy atom. The first-order valence-corrected chi connectivity index (χ1v) is 14.9. The van der Waals surface area contributed by atoms with Crippen molar-refractivity contribution in [3.05, 3.63) is 102 Å². The molecule has 0 spiro atoms. The minimum atomic E-state index is -3.27. The number of benzene rings is 3. The molecule has 10 heteroatoms. The minimum absolute atomic E-state index is 0.359. The fourth-order valence-electron chi connectivity index (χ4n) is 5.55. The van der Waals surface area contributed by atoms with Gasteiger partial charge in [0.05, 0.1) is 24.0 Å². The molecule has 0 saturated carbocycles. The average molecular weight is 550 g/mol. The van der Waals surface area contributed by atoms with E-state index in [1.165, 1.54) is 22.5 Å². The van der Waals surface area contributed by atoms with Crippen molar-refractivity contribution in [2.45, 2.75) is 19.5 Å². The summed E-state index contributed by atoms with van der Waals surface area (Å²) in [5.41, 5.74) is 15.0. The molecule has 1 aliphatic rings. The number of hydrogen-bond acceptors (Lipinski definition) is 6. The molecule has 9 nitrogen and oxygen atoms in total. The van der Waals surface area contributed by atoms with Crippen LogP contribution in [0.4, 0.5) is 5.82 Å². The van der Waals surface area contributed by atoms with Crippen molar-refractivity contribution in [3.8, 4) is 22.4 Å². The van der Waals surface area contributed by atoms with Gasteiger partial charge in [0.2, 0.25) is 10.0 Å². The van der Waals surface area contributed by atoms with E-state index < -0.39 is 10.0 Å². The minimum Gasteiger partial charge on any atom is -0.382 e. The van der Waals surface area contributed by atoms with Crippen LogP contribution in [0.3, 0.4) is 0 Å². The molecular formula is C30H27N7O2S. The molecule has 40 heavy (non-hydrogen) atoms. The molecule has 0 atom stereocenters. The first-order valence-electron chi connectivity index (χ1n) is 13.0. The van der Waals surface area contributed by atoms with Crippen molar-refractivity contribution in [2.24, 2.45) is 0 Å². The zero-order chi connectivity index (χ0) is 27.4. The van der Waals surface area contributed by atoms with Crippen molar-refractivity contribution in [1.82, 2.24) is 28.7 Å². The standard InChI is InChI=1S/C30H27N7O2S/c1-40(38,39)36-12-11-21-7-9-23(13-25(21)18-36)28-15-26(29-30(31)32-19-33-37(28)29)22-8-10-24-17-35(34-27(24)14-22)16-20-5-3-2-4-6-20/h2-10,13-15,17,19H,11-12,16,18H2,1H3,(H2,31,32,33). The SMILES string of the molecule is CS(=O)(=O)N1CCc2ccc(-c3cc(-c4ccc5cn(Cc6ccccc6)nc5c4)c4c(N)ncnn34)cc2C1. The van der Waals surface area contributed by atoms with Crippen LogP contribution in [0.2, 0.25) is 0 Å². The highest BCUT2D eigenvalue weighted by atomic mass is 32.2. The van der Waals surface area contributed by atoms with Gasteiger partial charge in [0, 0.05) is 35.8 Å². The van der Waals surface area contributed by atoms with E-state index in [1.807, 2.05) is 27.4 Å². The molecule has 3 aromatic carbocycles. The highest BCUT2D eigenvalue weighted by Crippen LogP contribution is 2.37. The second kappa shape index (κ2) is 9.29. The van der Waals surface area contributed by atoms with Crippen LogP contribution in [-0.4, -0.2) is 49.9 Å². The van der Waals surface area contributed by atoms with Gasteiger partial charge in [0.1, 0.15) is 11.8 Å². The zero-order valence-electron chi connectivity index (χ0n) is 21.9. The van der Waals surface area contributed by atoms with E-state index in [1.54, 1.807) is 0 Å². The number of anilines is 1. The van der Waals surface area contributed by atoms with Crippen LogP contribution >= 0.6 is 0 Å². The second-order valence-electron chi connectivity index (χ2n) is 10.3. The van der Waals surface area contributed by atoms with Crippen LogP contribution in [0.15, 0.2) is 85.3 Å². The number of sulfonamides is 1. The summed E-state index contributed by atoms with van der Waals surface area (Å²) in [6.45, 7) is 1.55. The Kier molecular flexibility index (Phi) is 5.69. The molecule has 4 heterocycles. The van der Waals surface area contributed by atoms with Crippen LogP contribution < -0.4 is 5.73 Å². The maximum absolute atomic E-state index is 12.2. The molecule has 0 radical (unpaired) electrons. The Morgan fingerprint density at radius 1 is 0.950 bits per heavy atom. The summed E-state index contributed by atoms with van der Waals surface area (Å²) >= 11 is 0. The number of rotatable bonds is 5. The van der Waals surface area contributed by atoms with Crippen molar-refractivity contribution >= 4 is 32.3 Å². The molecule has 0 amide bonds. The Hall–Kier alpha value is -4.54. The Bertz CT molecular complexity index is 2010. The quantitative estimate of drug-likeness (QED) is 0.342. The lowest BCUT2D eigenvalue weighted by atomic mass is 9.97. The van der Waals surface area contributed by atoms with Crippen LogP contribution in [0.1, 0.15) is 16.7 Å². The third kappa shape index (κ3) is 4.31. The van der Waals surface area contributed by atoms with Crippen LogP contribution in [0.25, 0.3) is 38.8 Å². The van der Waals surface area contributed by atoms with E-state index in [9.17, 15) is 8.42 Å². The Morgan fingerprint density at radius 3 is 2.60 bits per heavy atom. The summed E-state index contributed by atoms with van der Waals surface area (Å²) in [6.07, 6.45) is 5.46. The smallest absolute Gasteiger partial charge is 0.211 e. The van der Waals surface area contributed by atoms with Crippen molar-refractivity contribution in [1.29, 1.82) is 0 Å². The Labute approximate surface area is 231 Å². The van der Waals surface area contributed by atoms with E-state index in [4.69, 9.17) is 10.8 Å². The van der Waals surface area contributed by atoms with Gasteiger partial charge in [-0.2, -0.15) is 14.5 Å². The van der Waals surface area contributed by atoms with Crippen molar-refractivity contribution in [3.63, 3.8) is 0 Å². The van der Waals surface area contributed by atoms with Gasteiger partial charge in [-0.05, 0) is 46.9 Å². The number of nitrogen functional groups attached to an aromatic ring is 1. The van der Waals surface area contributed by atoms with Gasteiger partial charge in [-0.1, -0.05) is 54.6 Å². The molecule has 7 rings (SSSR count). The molecule has 1 aliphatic heterocycles. The molecular weight excluding hydrogens is 522 g/mol. The van der Waals surface area contributed by atoms with Crippen molar-refractivity contribution < 1.29 is 8.42 Å². The molecule has 0 saturated heterocycles. The predicted molar refractivity (Wildman–Crippen MR) is 156 cm³/mol. The fourth-order valence-corrected chi connectivity index (χ4v) is 6.35. The van der Waals surface area contributed by atoms with Crippen LogP contribution in [0, 0.1) is 0 Å². The number of nitrogens with two attached hydrogens (primary N) is 1. The molecule has 0 bridgehead atoms. The summed E-state index contributed by atoms with van der Waals surface area (Å²) in [5.74, 6) is 0.382. The highest BCUT2D eigenvalue weighted by Gasteiger charge is 2.24. The first-order chi connectivity index (χ1) is 19.3. The number of nitrogens with zero attached hydrogens (tertiary/aromatic N) is 6. The monoisotopic (exact) mass is 549 g/mol. The highest BCUT2D eigenvalue weighted by molar-refractivity contribution is 7.88. The Balaban J connectivity index is 1.31. The molecule has 6 aromatic rings. The topological polar surface area (TPSA) is 111 Å². The third-order valence-corrected chi connectivity index (χ3v) is 8.83. The van der Waals surface area contributed by atoms with Gasteiger partial charge in [-0.25, -0.2) is 17.9 Å². The normalized spacial score (nSPS) is 14.1. The van der Waals surface area contributed by atoms with Crippen LogP contribution in [0.5, 0.6) is 0 Å². The van der Waals surface area contributed by atoms with Gasteiger partial charge in [0.25, 0.3) is 0 Å². The first kappa shape index (κ1) is 24.5. The van der Waals surface area contributed by atoms with Gasteiger partial charge in [0.15, 0.2) is 5.82 Å². The number of hydrogen-bond donors (Lipinski definition) is 1. The third-order valence-electron chi connectivity index (χ3n) is 7.58. The maximum atomic E-state index is 12.2. The summed E-state index contributed by atoms with van der Waals surface area (Å²) in [6, 6.07) is 24.7. The summed E-state index contributed by atoms with van der Waals surface area (Å²) < 4.78 is 29.7. The van der Waals surface area contributed by atoms with Gasteiger partial charge in [-0.15, -0.1) is 0 Å². The molecule has 0 aliphatic carbocycles. The molecule has 3 aromatic heterocycles. The van der Waals surface area contributed by atoms with Gasteiger partial charge in [-0.3, -0.25) is 4.68 Å². The van der Waals surface area contributed by atoms with E-state index in [2.05, 4.69) is 70.9 Å². The number of fused-ring (bicyclic) bond motifs is 3. The van der Waals surface area contributed by atoms with Gasteiger partial charge < -0.3 is 5.73 Å². The van der Waals surface area contributed by atoms with Crippen LogP contribution in [-0.2, 0) is 29.5 Å². The lowest BCUT2D eigenvalue weighted by Gasteiger charge is -2.27. The number of aromatic nitrogens is 5. The maximum Gasteiger partial charge on any atom is 0.211 e. The largest absolute Gasteiger partial charge is 0.382 e. The van der Waals surface area contributed by atoms with E-state index in [0.29, 0.717) is 31.9 Å². The lowest BCUT2D eigenvalue weighted by molar-refractivity contribution is 0.395. The zero-order valence-corrected chi connectivity index (χ0v) is 22.7.